The minimum Gasteiger partial charge on any atom is -0.437 e. The molecule has 33 heavy (non-hydrogen) atoms. The maximum atomic E-state index is 6.20. The van der Waals surface area contributed by atoms with Crippen LogP contribution in [0.3, 0.4) is 0 Å². The number of nitrogens with zero attached hydrogens (tertiary/aromatic N) is 2. The highest BCUT2D eigenvalue weighted by molar-refractivity contribution is 7.22. The van der Waals surface area contributed by atoms with E-state index in [0.29, 0.717) is 5.71 Å². The Bertz CT molecular complexity index is 1650. The number of aromatic nitrogens is 2. The maximum absolute atomic E-state index is 6.20. The summed E-state index contributed by atoms with van der Waals surface area (Å²) >= 11 is 1.78. The van der Waals surface area contributed by atoms with Crippen LogP contribution in [0.5, 0.6) is 0 Å². The fourth-order valence-corrected chi connectivity index (χ4v) is 5.33. The summed E-state index contributed by atoms with van der Waals surface area (Å²) in [5, 5.41) is 2.11. The maximum Gasteiger partial charge on any atom is 0.227 e. The van der Waals surface area contributed by atoms with Crippen LogP contribution in [0.2, 0.25) is 0 Å². The molecular formula is C29H24N2OS. The van der Waals surface area contributed by atoms with Crippen molar-refractivity contribution in [2.24, 2.45) is 0 Å². The minimum absolute atomic E-state index is 0.154. The average molecular weight is 449 g/mol. The molecule has 162 valence electrons. The molecule has 4 heterocycles. The second-order valence-electron chi connectivity index (χ2n) is 9.61. The molecule has 0 saturated heterocycles. The predicted molar refractivity (Wildman–Crippen MR) is 139 cm³/mol. The molecule has 0 atom stereocenters. The van der Waals surface area contributed by atoms with Gasteiger partial charge in [0.25, 0.3) is 0 Å². The quantitative estimate of drug-likeness (QED) is 0.266. The van der Waals surface area contributed by atoms with Crippen LogP contribution in [-0.4, -0.2) is 9.97 Å². The summed E-state index contributed by atoms with van der Waals surface area (Å²) in [6.07, 6.45) is 0. The molecule has 0 unspecified atom stereocenters. The van der Waals surface area contributed by atoms with Crippen LogP contribution >= 0.6 is 11.3 Å². The van der Waals surface area contributed by atoms with Gasteiger partial charge in [-0.25, -0.2) is 9.97 Å². The Morgan fingerprint density at radius 2 is 1.64 bits per heavy atom. The lowest BCUT2D eigenvalue weighted by molar-refractivity contribution is 0.590. The third-order valence-corrected chi connectivity index (χ3v) is 7.33. The van der Waals surface area contributed by atoms with E-state index in [1.54, 1.807) is 11.3 Å². The van der Waals surface area contributed by atoms with E-state index in [4.69, 9.17) is 9.40 Å². The van der Waals surface area contributed by atoms with Crippen molar-refractivity contribution in [2.75, 3.05) is 0 Å². The Morgan fingerprint density at radius 1 is 0.818 bits per heavy atom. The van der Waals surface area contributed by atoms with Crippen molar-refractivity contribution in [1.82, 2.24) is 9.97 Å². The molecule has 6 aromatic rings. The lowest BCUT2D eigenvalue weighted by Gasteiger charge is -2.18. The van der Waals surface area contributed by atoms with Gasteiger partial charge in [-0.2, -0.15) is 0 Å². The molecule has 0 amide bonds. The number of benzene rings is 2. The largest absolute Gasteiger partial charge is 0.437 e. The summed E-state index contributed by atoms with van der Waals surface area (Å²) < 4.78 is 7.38. The fraction of sp³-hybridized carbons (Fsp3) is 0.172. The van der Waals surface area contributed by atoms with Crippen molar-refractivity contribution in [3.05, 3.63) is 84.1 Å². The van der Waals surface area contributed by atoms with Crippen LogP contribution in [0.15, 0.2) is 77.2 Å². The first kappa shape index (κ1) is 20.1. The zero-order valence-electron chi connectivity index (χ0n) is 19.1. The predicted octanol–water partition coefficient (Wildman–Crippen LogP) is 8.53. The first-order valence-electron chi connectivity index (χ1n) is 11.2. The lowest BCUT2D eigenvalue weighted by Crippen LogP contribution is -2.10. The normalized spacial score (nSPS) is 12.2. The second-order valence-corrected chi connectivity index (χ2v) is 10.7. The molecule has 2 aromatic carbocycles. The number of rotatable bonds is 2. The Hall–Kier alpha value is -3.50. The minimum atomic E-state index is 0.154. The van der Waals surface area contributed by atoms with E-state index < -0.39 is 0 Å². The summed E-state index contributed by atoms with van der Waals surface area (Å²) in [5.41, 5.74) is 8.11. The van der Waals surface area contributed by atoms with Crippen molar-refractivity contribution in [3.8, 4) is 21.7 Å². The van der Waals surface area contributed by atoms with Crippen molar-refractivity contribution in [3.63, 3.8) is 0 Å². The van der Waals surface area contributed by atoms with Crippen molar-refractivity contribution < 1.29 is 4.42 Å². The van der Waals surface area contributed by atoms with Gasteiger partial charge in [-0.3, -0.25) is 0 Å². The summed E-state index contributed by atoms with van der Waals surface area (Å²) in [4.78, 5) is 10.8. The Balaban J connectivity index is 1.44. The number of hydrogen-bond acceptors (Lipinski definition) is 4. The number of thiophene rings is 1. The third-order valence-electron chi connectivity index (χ3n) is 6.19. The summed E-state index contributed by atoms with van der Waals surface area (Å²) in [5.74, 6) is 0. The highest BCUT2D eigenvalue weighted by atomic mass is 32.1. The third kappa shape index (κ3) is 3.42. The van der Waals surface area contributed by atoms with Crippen LogP contribution in [-0.2, 0) is 5.41 Å². The topological polar surface area (TPSA) is 38.9 Å². The summed E-state index contributed by atoms with van der Waals surface area (Å²) in [6, 6.07) is 25.7. The molecule has 6 rings (SSSR count). The lowest BCUT2D eigenvalue weighted by atomic mass is 9.86. The zero-order chi connectivity index (χ0) is 22.7. The smallest absolute Gasteiger partial charge is 0.227 e. The van der Waals surface area contributed by atoms with Crippen LogP contribution in [0.4, 0.5) is 0 Å². The number of aryl methyl sites for hydroxylation is 1. The molecule has 4 heteroatoms. The van der Waals surface area contributed by atoms with E-state index >= 15 is 0 Å². The van der Waals surface area contributed by atoms with Crippen LogP contribution < -0.4 is 0 Å². The Labute approximate surface area is 196 Å². The van der Waals surface area contributed by atoms with Crippen LogP contribution in [0.1, 0.15) is 32.0 Å². The number of pyridine rings is 2. The van der Waals surface area contributed by atoms with Crippen LogP contribution in [0, 0.1) is 6.92 Å². The molecule has 0 spiro atoms. The van der Waals surface area contributed by atoms with Gasteiger partial charge >= 0.3 is 0 Å². The number of hydrogen-bond donors (Lipinski definition) is 0. The fourth-order valence-electron chi connectivity index (χ4n) is 4.32. The van der Waals surface area contributed by atoms with Gasteiger partial charge in [-0.05, 0) is 59.9 Å². The van der Waals surface area contributed by atoms with Gasteiger partial charge in [-0.15, -0.1) is 11.3 Å². The van der Waals surface area contributed by atoms with Gasteiger partial charge in [0.1, 0.15) is 5.58 Å². The van der Waals surface area contributed by atoms with Crippen LogP contribution in [0.25, 0.3) is 54.0 Å². The highest BCUT2D eigenvalue weighted by Gasteiger charge is 2.16. The molecule has 0 N–H and O–H groups in total. The van der Waals surface area contributed by atoms with Gasteiger partial charge in [0.05, 0.1) is 15.9 Å². The molecular weight excluding hydrogens is 424 g/mol. The molecule has 4 aromatic heterocycles. The molecule has 0 aliphatic rings. The Morgan fingerprint density at radius 3 is 2.42 bits per heavy atom. The average Bonchev–Trinajstić information content (AvgIpc) is 3.38. The van der Waals surface area contributed by atoms with E-state index in [1.807, 2.05) is 13.0 Å². The first-order chi connectivity index (χ1) is 15.9. The second kappa shape index (κ2) is 7.26. The monoisotopic (exact) mass is 448 g/mol. The SMILES string of the molecule is Cc1ccc2c(n1)oc1c(-c3ccc4sc(-c5ccc(C(C)(C)C)cc5)cc4n3)cccc12. The molecule has 0 radical (unpaired) electrons. The molecule has 0 aliphatic heterocycles. The first-order valence-corrected chi connectivity index (χ1v) is 12.0. The summed E-state index contributed by atoms with van der Waals surface area (Å²) in [7, 11) is 0. The van der Waals surface area contributed by atoms with Crippen molar-refractivity contribution in [1.29, 1.82) is 0 Å². The van der Waals surface area contributed by atoms with Crippen molar-refractivity contribution in [2.45, 2.75) is 33.1 Å². The van der Waals surface area contributed by atoms with Gasteiger partial charge in [0, 0.05) is 26.9 Å². The Kier molecular flexibility index (Phi) is 4.43. The van der Waals surface area contributed by atoms with E-state index in [-0.39, 0.29) is 5.41 Å². The van der Waals surface area contributed by atoms with Gasteiger partial charge in [0.15, 0.2) is 0 Å². The highest BCUT2D eigenvalue weighted by Crippen LogP contribution is 2.38. The van der Waals surface area contributed by atoms with Gasteiger partial charge in [0.2, 0.25) is 5.71 Å². The van der Waals surface area contributed by atoms with E-state index in [9.17, 15) is 0 Å². The number of fused-ring (bicyclic) bond motifs is 4. The molecule has 0 bridgehead atoms. The van der Waals surface area contributed by atoms with Gasteiger partial charge < -0.3 is 4.42 Å². The van der Waals surface area contributed by atoms with E-state index in [0.717, 1.165) is 38.8 Å². The molecule has 0 aliphatic carbocycles. The van der Waals surface area contributed by atoms with E-state index in [1.165, 1.54) is 20.7 Å². The molecule has 0 saturated carbocycles. The van der Waals surface area contributed by atoms with Gasteiger partial charge in [-0.1, -0.05) is 57.2 Å². The molecule has 3 nitrogen and oxygen atoms in total. The summed E-state index contributed by atoms with van der Waals surface area (Å²) in [6.45, 7) is 8.71. The van der Waals surface area contributed by atoms with E-state index in [2.05, 4.69) is 92.5 Å². The van der Waals surface area contributed by atoms with Crippen molar-refractivity contribution >= 4 is 43.6 Å². The zero-order valence-corrected chi connectivity index (χ0v) is 20.0. The molecule has 0 fully saturated rings. The standard InChI is InChI=1S/C29H24N2OS/c1-17-8-13-21-20-6-5-7-22(27(20)32-28(21)30-17)23-14-15-25-24(31-23)16-26(33-25)18-9-11-19(12-10-18)29(2,3)4/h5-16H,1-4H3. The number of furan rings is 1. The number of para-hydroxylation sites is 1.